The van der Waals surface area contributed by atoms with Crippen molar-refractivity contribution in [2.45, 2.75) is 65.5 Å². The van der Waals surface area contributed by atoms with Crippen LogP contribution in [0.5, 0.6) is 0 Å². The van der Waals surface area contributed by atoms with E-state index in [9.17, 15) is 9.59 Å². The smallest absolute Gasteiger partial charge is 0.254 e. The number of carbonyl (C=O) groups is 2. The third-order valence-corrected chi connectivity index (χ3v) is 7.96. The number of benzene rings is 1. The molecule has 0 spiro atoms. The fraction of sp³-hybridized carbons (Fsp3) is 0.500. The van der Waals surface area contributed by atoms with Gasteiger partial charge >= 0.3 is 0 Å². The van der Waals surface area contributed by atoms with E-state index >= 15 is 0 Å². The normalized spacial score (nSPS) is 22.0. The summed E-state index contributed by atoms with van der Waals surface area (Å²) >= 11 is 0. The molecule has 1 fully saturated rings. The minimum Gasteiger partial charge on any atom is -0.464 e. The first-order valence-electron chi connectivity index (χ1n) is 13.4. The van der Waals surface area contributed by atoms with Crippen molar-refractivity contribution in [2.75, 3.05) is 32.1 Å². The fourth-order valence-corrected chi connectivity index (χ4v) is 5.78. The lowest BCUT2D eigenvalue weighted by atomic mass is 9.88. The second-order valence-corrected chi connectivity index (χ2v) is 10.6. The molecule has 1 aliphatic heterocycles. The molecule has 0 bridgehead atoms. The van der Waals surface area contributed by atoms with Crippen LogP contribution in [-0.4, -0.2) is 61.7 Å². The van der Waals surface area contributed by atoms with Crippen molar-refractivity contribution in [1.82, 2.24) is 10.2 Å². The Labute approximate surface area is 220 Å². The topological polar surface area (TPSA) is 78.1 Å². The molecule has 1 atom stereocenters. The number of anilines is 1. The molecular formula is C30H40N4O3. The van der Waals surface area contributed by atoms with Crippen molar-refractivity contribution < 1.29 is 14.0 Å². The molecule has 0 radical (unpaired) electrons. The van der Waals surface area contributed by atoms with Gasteiger partial charge in [0.2, 0.25) is 0 Å². The number of allylic oxidation sites excluding steroid dienone is 1. The molecule has 1 unspecified atom stereocenters. The number of aliphatic imine (C=N–C) groups is 1. The summed E-state index contributed by atoms with van der Waals surface area (Å²) in [6, 6.07) is 8.89. The van der Waals surface area contributed by atoms with Gasteiger partial charge in [0.1, 0.15) is 5.76 Å². The van der Waals surface area contributed by atoms with Crippen molar-refractivity contribution >= 4 is 23.2 Å². The lowest BCUT2D eigenvalue weighted by Gasteiger charge is -2.40. The van der Waals surface area contributed by atoms with Crippen LogP contribution in [0.3, 0.4) is 0 Å². The zero-order valence-corrected chi connectivity index (χ0v) is 23.0. The number of hydrogen-bond donors (Lipinski definition) is 1. The maximum absolute atomic E-state index is 13.5. The van der Waals surface area contributed by atoms with Crippen LogP contribution in [0.1, 0.15) is 62.4 Å². The average Bonchev–Trinajstić information content (AvgIpc) is 3.40. The fourth-order valence-electron chi connectivity index (χ4n) is 5.78. The van der Waals surface area contributed by atoms with Gasteiger partial charge in [0.15, 0.2) is 0 Å². The first-order valence-corrected chi connectivity index (χ1v) is 13.4. The Kier molecular flexibility index (Phi) is 8.32. The number of rotatable bonds is 8. The molecule has 1 saturated carbocycles. The van der Waals surface area contributed by atoms with E-state index < -0.39 is 5.92 Å². The largest absolute Gasteiger partial charge is 0.464 e. The van der Waals surface area contributed by atoms with E-state index in [1.165, 1.54) is 12.8 Å². The number of hydrogen-bond acceptors (Lipinski definition) is 5. The first kappa shape index (κ1) is 26.9. The molecule has 7 nitrogen and oxygen atoms in total. The third kappa shape index (κ3) is 5.87. The molecule has 37 heavy (non-hydrogen) atoms. The van der Waals surface area contributed by atoms with Crippen molar-refractivity contribution in [2.24, 2.45) is 10.9 Å². The standard InChI is InChI=1S/C30H40N4O3/c1-7-34(24-12-10-23(11-13-24)33(5)6)27-17-22(28-9-8-14-37-28)16-25(21(27)4)29(35)31-18-26-19(2)15-20(3)32-30(26)36/h8-9,14-17,23-24,26H,7,10-13,18H2,1-6H3,(H,31,35). The second-order valence-electron chi connectivity index (χ2n) is 10.6. The molecule has 4 rings (SSSR count). The molecule has 198 valence electrons. The van der Waals surface area contributed by atoms with Gasteiger partial charge in [-0.1, -0.05) is 5.57 Å². The maximum atomic E-state index is 13.5. The Balaban J connectivity index is 1.62. The van der Waals surface area contributed by atoms with E-state index in [0.717, 1.165) is 47.5 Å². The van der Waals surface area contributed by atoms with Crippen LogP contribution in [-0.2, 0) is 4.79 Å². The van der Waals surface area contributed by atoms with E-state index in [-0.39, 0.29) is 18.4 Å². The van der Waals surface area contributed by atoms with Gasteiger partial charge in [-0.25, -0.2) is 4.99 Å². The number of carbonyl (C=O) groups excluding carboxylic acids is 2. The number of amides is 2. The summed E-state index contributed by atoms with van der Waals surface area (Å²) in [5, 5.41) is 3.02. The summed E-state index contributed by atoms with van der Waals surface area (Å²) < 4.78 is 5.72. The molecule has 7 heteroatoms. The van der Waals surface area contributed by atoms with Gasteiger partial charge in [0, 0.05) is 47.7 Å². The quantitative estimate of drug-likeness (QED) is 0.531. The lowest BCUT2D eigenvalue weighted by Crippen LogP contribution is -2.42. The Morgan fingerprint density at radius 1 is 1.11 bits per heavy atom. The van der Waals surface area contributed by atoms with Crippen LogP contribution in [0.4, 0.5) is 5.69 Å². The van der Waals surface area contributed by atoms with Gasteiger partial charge in [-0.3, -0.25) is 9.59 Å². The predicted octanol–water partition coefficient (Wildman–Crippen LogP) is 5.25. The van der Waals surface area contributed by atoms with Gasteiger partial charge in [-0.15, -0.1) is 0 Å². The number of nitrogens with zero attached hydrogens (tertiary/aromatic N) is 3. The lowest BCUT2D eigenvalue weighted by molar-refractivity contribution is -0.120. The number of dihydropyridines is 1. The summed E-state index contributed by atoms with van der Waals surface area (Å²) in [4.78, 5) is 34.9. The zero-order valence-electron chi connectivity index (χ0n) is 23.0. The van der Waals surface area contributed by atoms with Crippen LogP contribution >= 0.6 is 0 Å². The Hall–Kier alpha value is -3.19. The molecule has 0 saturated heterocycles. The van der Waals surface area contributed by atoms with E-state index in [2.05, 4.69) is 47.2 Å². The second kappa shape index (κ2) is 11.5. The zero-order chi connectivity index (χ0) is 26.7. The van der Waals surface area contributed by atoms with Gasteiger partial charge in [-0.05, 0) is 103 Å². The monoisotopic (exact) mass is 504 g/mol. The van der Waals surface area contributed by atoms with Crippen molar-refractivity contribution in [3.8, 4) is 11.3 Å². The molecule has 1 aromatic heterocycles. The van der Waals surface area contributed by atoms with Gasteiger partial charge < -0.3 is 19.5 Å². The maximum Gasteiger partial charge on any atom is 0.254 e. The van der Waals surface area contributed by atoms with Gasteiger partial charge in [-0.2, -0.15) is 0 Å². The molecule has 1 N–H and O–H groups in total. The minimum atomic E-state index is -0.431. The Morgan fingerprint density at radius 2 is 1.81 bits per heavy atom. The molecule has 2 heterocycles. The Morgan fingerprint density at radius 3 is 2.41 bits per heavy atom. The summed E-state index contributed by atoms with van der Waals surface area (Å²) in [6.45, 7) is 9.02. The van der Waals surface area contributed by atoms with E-state index in [0.29, 0.717) is 23.4 Å². The highest BCUT2D eigenvalue weighted by atomic mass is 16.3. The molecule has 2 aromatic rings. The third-order valence-electron chi connectivity index (χ3n) is 7.96. The summed E-state index contributed by atoms with van der Waals surface area (Å²) in [5.74, 6) is -0.0927. The van der Waals surface area contributed by atoms with Crippen molar-refractivity contribution in [3.05, 3.63) is 53.3 Å². The van der Waals surface area contributed by atoms with Crippen LogP contribution in [0.25, 0.3) is 11.3 Å². The highest BCUT2D eigenvalue weighted by molar-refractivity contribution is 6.06. The van der Waals surface area contributed by atoms with Crippen molar-refractivity contribution in [3.63, 3.8) is 0 Å². The molecular weight excluding hydrogens is 464 g/mol. The summed E-state index contributed by atoms with van der Waals surface area (Å²) in [6.07, 6.45) is 8.14. The van der Waals surface area contributed by atoms with Crippen molar-refractivity contribution in [1.29, 1.82) is 0 Å². The highest BCUT2D eigenvalue weighted by Crippen LogP contribution is 2.35. The van der Waals surface area contributed by atoms with Crippen LogP contribution < -0.4 is 10.2 Å². The first-order chi connectivity index (χ1) is 17.7. The van der Waals surface area contributed by atoms with Gasteiger partial charge in [0.25, 0.3) is 11.8 Å². The minimum absolute atomic E-state index is 0.189. The molecule has 2 amide bonds. The van der Waals surface area contributed by atoms with Crippen LogP contribution in [0.15, 0.2) is 51.6 Å². The molecule has 1 aromatic carbocycles. The van der Waals surface area contributed by atoms with E-state index in [4.69, 9.17) is 4.42 Å². The number of furan rings is 1. The Bertz CT molecular complexity index is 1190. The van der Waals surface area contributed by atoms with Crippen LogP contribution in [0.2, 0.25) is 0 Å². The highest BCUT2D eigenvalue weighted by Gasteiger charge is 2.29. The summed E-state index contributed by atoms with van der Waals surface area (Å²) in [7, 11) is 4.33. The van der Waals surface area contributed by atoms with Crippen LogP contribution in [0, 0.1) is 12.8 Å². The predicted molar refractivity (Wildman–Crippen MR) is 149 cm³/mol. The van der Waals surface area contributed by atoms with E-state index in [1.807, 2.05) is 45.0 Å². The van der Waals surface area contributed by atoms with Gasteiger partial charge in [0.05, 0.1) is 12.2 Å². The molecule has 2 aliphatic rings. The SMILES string of the molecule is CCN(c1cc(-c2ccco2)cc(C(=O)NCC2C(=O)N=C(C)C=C2C)c1C)C1CCC(N(C)C)CC1. The number of nitrogens with one attached hydrogen (secondary N) is 1. The average molecular weight is 505 g/mol. The van der Waals surface area contributed by atoms with E-state index in [1.54, 1.807) is 6.26 Å². The summed E-state index contributed by atoms with van der Waals surface area (Å²) in [5.41, 5.74) is 5.12. The molecule has 1 aliphatic carbocycles.